The number of para-hydroxylation sites is 1. The number of nitrogens with one attached hydrogen (secondary N) is 2. The Labute approximate surface area is 102 Å². The fourth-order valence-corrected chi connectivity index (χ4v) is 2.97. The van der Waals surface area contributed by atoms with Crippen molar-refractivity contribution in [1.29, 1.82) is 0 Å². The van der Waals surface area contributed by atoms with E-state index in [1.165, 1.54) is 29.3 Å². The van der Waals surface area contributed by atoms with Gasteiger partial charge in [-0.2, -0.15) is 5.10 Å². The van der Waals surface area contributed by atoms with Gasteiger partial charge < -0.3 is 5.32 Å². The van der Waals surface area contributed by atoms with Crippen molar-refractivity contribution in [2.75, 3.05) is 13.1 Å². The summed E-state index contributed by atoms with van der Waals surface area (Å²) in [5, 5.41) is 12.0. The van der Waals surface area contributed by atoms with E-state index in [1.807, 2.05) is 6.20 Å². The van der Waals surface area contributed by atoms with Gasteiger partial charge in [-0.1, -0.05) is 25.1 Å². The Bertz CT molecular complexity index is 497. The van der Waals surface area contributed by atoms with Crippen molar-refractivity contribution in [1.82, 2.24) is 15.5 Å². The SMILES string of the molecule is CC(c1cccc2cn[nH]c12)C1CCNCC1. The molecule has 3 rings (SSSR count). The number of fused-ring (bicyclic) bond motifs is 1. The Kier molecular flexibility index (Phi) is 2.85. The van der Waals surface area contributed by atoms with E-state index in [0.29, 0.717) is 5.92 Å². The second-order valence-corrected chi connectivity index (χ2v) is 5.06. The quantitative estimate of drug-likeness (QED) is 0.831. The molecule has 2 N–H and O–H groups in total. The molecular formula is C14H19N3. The molecule has 2 aromatic rings. The third-order valence-corrected chi connectivity index (χ3v) is 4.09. The van der Waals surface area contributed by atoms with Crippen LogP contribution in [0.25, 0.3) is 10.9 Å². The molecule has 1 aromatic carbocycles. The molecule has 3 nitrogen and oxygen atoms in total. The number of nitrogens with zero attached hydrogens (tertiary/aromatic N) is 1. The maximum absolute atomic E-state index is 4.15. The van der Waals surface area contributed by atoms with E-state index in [1.54, 1.807) is 0 Å². The number of benzene rings is 1. The van der Waals surface area contributed by atoms with Crippen LogP contribution in [0.5, 0.6) is 0 Å². The zero-order chi connectivity index (χ0) is 11.7. The van der Waals surface area contributed by atoms with Crippen LogP contribution in [-0.4, -0.2) is 23.3 Å². The molecule has 1 fully saturated rings. The maximum atomic E-state index is 4.15. The van der Waals surface area contributed by atoms with Gasteiger partial charge in [-0.25, -0.2) is 0 Å². The van der Waals surface area contributed by atoms with Crippen LogP contribution in [0, 0.1) is 5.92 Å². The molecule has 0 aliphatic carbocycles. The normalized spacial score (nSPS) is 19.6. The third-order valence-electron chi connectivity index (χ3n) is 4.09. The van der Waals surface area contributed by atoms with Gasteiger partial charge in [-0.15, -0.1) is 0 Å². The number of rotatable bonds is 2. The first-order chi connectivity index (χ1) is 8.36. The molecule has 0 radical (unpaired) electrons. The predicted molar refractivity (Wildman–Crippen MR) is 70.1 cm³/mol. The molecule has 17 heavy (non-hydrogen) atoms. The van der Waals surface area contributed by atoms with Crippen LogP contribution in [0.15, 0.2) is 24.4 Å². The summed E-state index contributed by atoms with van der Waals surface area (Å²) in [7, 11) is 0. The molecule has 2 heterocycles. The maximum Gasteiger partial charge on any atom is 0.0685 e. The second kappa shape index (κ2) is 4.49. The van der Waals surface area contributed by atoms with E-state index >= 15 is 0 Å². The Balaban J connectivity index is 1.94. The minimum Gasteiger partial charge on any atom is -0.317 e. The highest BCUT2D eigenvalue weighted by atomic mass is 15.1. The summed E-state index contributed by atoms with van der Waals surface area (Å²) in [6.45, 7) is 4.67. The number of aromatic amines is 1. The summed E-state index contributed by atoms with van der Waals surface area (Å²) >= 11 is 0. The first kappa shape index (κ1) is 10.8. The fraction of sp³-hybridized carbons (Fsp3) is 0.500. The highest BCUT2D eigenvalue weighted by Gasteiger charge is 2.22. The first-order valence-electron chi connectivity index (χ1n) is 6.49. The summed E-state index contributed by atoms with van der Waals surface area (Å²) in [4.78, 5) is 0. The Morgan fingerprint density at radius 1 is 1.29 bits per heavy atom. The summed E-state index contributed by atoms with van der Waals surface area (Å²) in [6.07, 6.45) is 4.48. The molecular weight excluding hydrogens is 210 g/mol. The molecule has 1 aromatic heterocycles. The monoisotopic (exact) mass is 229 g/mol. The standard InChI is InChI=1S/C14H19N3/c1-10(11-5-7-15-8-6-11)13-4-2-3-12-9-16-17-14(12)13/h2-4,9-11,15H,5-8H2,1H3,(H,16,17). The third kappa shape index (κ3) is 1.95. The van der Waals surface area contributed by atoms with Gasteiger partial charge >= 0.3 is 0 Å². The summed E-state index contributed by atoms with van der Waals surface area (Å²) < 4.78 is 0. The van der Waals surface area contributed by atoms with Gasteiger partial charge in [-0.05, 0) is 43.3 Å². The Hall–Kier alpha value is -1.35. The van der Waals surface area contributed by atoms with Crippen molar-refractivity contribution in [2.24, 2.45) is 5.92 Å². The van der Waals surface area contributed by atoms with Gasteiger partial charge in [0.2, 0.25) is 0 Å². The fourth-order valence-electron chi connectivity index (χ4n) is 2.97. The van der Waals surface area contributed by atoms with Crippen molar-refractivity contribution >= 4 is 10.9 Å². The van der Waals surface area contributed by atoms with E-state index in [2.05, 4.69) is 40.6 Å². The number of H-pyrrole nitrogens is 1. The molecule has 3 heteroatoms. The van der Waals surface area contributed by atoms with Gasteiger partial charge in [0.25, 0.3) is 0 Å². The van der Waals surface area contributed by atoms with E-state index < -0.39 is 0 Å². The van der Waals surface area contributed by atoms with Crippen LogP contribution < -0.4 is 5.32 Å². The average Bonchev–Trinajstić information content (AvgIpc) is 2.87. The van der Waals surface area contributed by atoms with Crippen LogP contribution in [0.4, 0.5) is 0 Å². The lowest BCUT2D eigenvalue weighted by Gasteiger charge is -2.28. The summed E-state index contributed by atoms with van der Waals surface area (Å²) in [6, 6.07) is 6.51. The number of aromatic nitrogens is 2. The zero-order valence-corrected chi connectivity index (χ0v) is 10.2. The molecule has 0 spiro atoms. The molecule has 0 saturated carbocycles. The van der Waals surface area contributed by atoms with Crippen LogP contribution in [0.3, 0.4) is 0 Å². The molecule has 1 unspecified atom stereocenters. The summed E-state index contributed by atoms with van der Waals surface area (Å²) in [5.41, 5.74) is 2.64. The molecule has 0 bridgehead atoms. The topological polar surface area (TPSA) is 40.7 Å². The molecule has 1 saturated heterocycles. The minimum atomic E-state index is 0.612. The lowest BCUT2D eigenvalue weighted by atomic mass is 9.81. The predicted octanol–water partition coefficient (Wildman–Crippen LogP) is 2.67. The first-order valence-corrected chi connectivity index (χ1v) is 6.49. The number of hydrogen-bond acceptors (Lipinski definition) is 2. The van der Waals surface area contributed by atoms with Crippen molar-refractivity contribution in [3.8, 4) is 0 Å². The number of hydrogen-bond donors (Lipinski definition) is 2. The van der Waals surface area contributed by atoms with Crippen LogP contribution in [0.1, 0.15) is 31.2 Å². The highest BCUT2D eigenvalue weighted by molar-refractivity contribution is 5.81. The number of piperidine rings is 1. The van der Waals surface area contributed by atoms with E-state index in [4.69, 9.17) is 0 Å². The molecule has 90 valence electrons. The zero-order valence-electron chi connectivity index (χ0n) is 10.2. The lowest BCUT2D eigenvalue weighted by Crippen LogP contribution is -2.30. The van der Waals surface area contributed by atoms with E-state index in [0.717, 1.165) is 19.0 Å². The van der Waals surface area contributed by atoms with Crippen molar-refractivity contribution < 1.29 is 0 Å². The van der Waals surface area contributed by atoms with Crippen molar-refractivity contribution in [3.05, 3.63) is 30.0 Å². The molecule has 1 atom stereocenters. The van der Waals surface area contributed by atoms with E-state index in [9.17, 15) is 0 Å². The van der Waals surface area contributed by atoms with Crippen LogP contribution in [-0.2, 0) is 0 Å². The Morgan fingerprint density at radius 3 is 2.94 bits per heavy atom. The smallest absolute Gasteiger partial charge is 0.0685 e. The highest BCUT2D eigenvalue weighted by Crippen LogP contribution is 2.33. The van der Waals surface area contributed by atoms with Gasteiger partial charge in [0, 0.05) is 5.39 Å². The van der Waals surface area contributed by atoms with E-state index in [-0.39, 0.29) is 0 Å². The van der Waals surface area contributed by atoms with Crippen molar-refractivity contribution in [2.45, 2.75) is 25.7 Å². The Morgan fingerprint density at radius 2 is 2.12 bits per heavy atom. The van der Waals surface area contributed by atoms with Gasteiger partial charge in [0.15, 0.2) is 0 Å². The molecule has 0 amide bonds. The van der Waals surface area contributed by atoms with Gasteiger partial charge in [0.1, 0.15) is 0 Å². The lowest BCUT2D eigenvalue weighted by molar-refractivity contribution is 0.331. The van der Waals surface area contributed by atoms with Gasteiger partial charge in [-0.3, -0.25) is 5.10 Å². The van der Waals surface area contributed by atoms with Gasteiger partial charge in [0.05, 0.1) is 11.7 Å². The minimum absolute atomic E-state index is 0.612. The second-order valence-electron chi connectivity index (χ2n) is 5.06. The molecule has 1 aliphatic rings. The van der Waals surface area contributed by atoms with Crippen LogP contribution >= 0.6 is 0 Å². The summed E-state index contributed by atoms with van der Waals surface area (Å²) in [5.74, 6) is 1.41. The molecule has 1 aliphatic heterocycles. The van der Waals surface area contributed by atoms with Crippen molar-refractivity contribution in [3.63, 3.8) is 0 Å². The van der Waals surface area contributed by atoms with Crippen LogP contribution in [0.2, 0.25) is 0 Å². The largest absolute Gasteiger partial charge is 0.317 e. The average molecular weight is 229 g/mol.